The van der Waals surface area contributed by atoms with Crippen molar-refractivity contribution in [1.82, 2.24) is 15.1 Å². The third-order valence-corrected chi connectivity index (χ3v) is 5.43. The number of hydrogen-bond donors (Lipinski definition) is 2. The first-order valence-electron chi connectivity index (χ1n) is 10.5. The van der Waals surface area contributed by atoms with Crippen molar-refractivity contribution in [3.05, 3.63) is 65.2 Å². The molecular formula is C24H26FN3O4. The fraction of sp³-hybridized carbons (Fsp3) is 0.333. The summed E-state index contributed by atoms with van der Waals surface area (Å²) in [7, 11) is 3.18. The van der Waals surface area contributed by atoms with Crippen LogP contribution >= 0.6 is 0 Å². The van der Waals surface area contributed by atoms with Crippen LogP contribution in [0.4, 0.5) is 4.39 Å². The van der Waals surface area contributed by atoms with Crippen LogP contribution in [0.1, 0.15) is 34.5 Å². The molecule has 0 radical (unpaired) electrons. The van der Waals surface area contributed by atoms with E-state index in [1.807, 2.05) is 6.07 Å². The lowest BCUT2D eigenvalue weighted by atomic mass is 10.0. The number of amides is 1. The molecule has 8 heteroatoms. The second kappa shape index (κ2) is 9.40. The van der Waals surface area contributed by atoms with Crippen LogP contribution in [0.15, 0.2) is 42.6 Å². The lowest BCUT2D eigenvalue weighted by molar-refractivity contribution is 0.0946. The Hall–Kier alpha value is -3.39. The summed E-state index contributed by atoms with van der Waals surface area (Å²) in [4.78, 5) is 13.1. The van der Waals surface area contributed by atoms with E-state index in [0.717, 1.165) is 24.0 Å². The first-order valence-corrected chi connectivity index (χ1v) is 10.5. The molecule has 4 rings (SSSR count). The Bertz CT molecular complexity index is 1120. The Kier molecular flexibility index (Phi) is 6.41. The minimum Gasteiger partial charge on any atom is -0.494 e. The van der Waals surface area contributed by atoms with Crippen LogP contribution in [0.5, 0.6) is 11.5 Å². The van der Waals surface area contributed by atoms with E-state index in [2.05, 4.69) is 10.4 Å². The van der Waals surface area contributed by atoms with Gasteiger partial charge in [-0.3, -0.25) is 9.48 Å². The van der Waals surface area contributed by atoms with Crippen LogP contribution in [0, 0.1) is 11.7 Å². The minimum atomic E-state index is -0.484. The quantitative estimate of drug-likeness (QED) is 0.534. The molecule has 1 aliphatic carbocycles. The average Bonchev–Trinajstić information content (AvgIpc) is 3.55. The van der Waals surface area contributed by atoms with Gasteiger partial charge >= 0.3 is 0 Å². The Labute approximate surface area is 185 Å². The highest BCUT2D eigenvalue weighted by atomic mass is 19.1. The van der Waals surface area contributed by atoms with Crippen LogP contribution < -0.4 is 14.8 Å². The van der Waals surface area contributed by atoms with Gasteiger partial charge < -0.3 is 19.9 Å². The molecule has 7 nitrogen and oxygen atoms in total. The summed E-state index contributed by atoms with van der Waals surface area (Å²) >= 11 is 0. The Morgan fingerprint density at radius 3 is 2.72 bits per heavy atom. The molecule has 0 unspecified atom stereocenters. The van der Waals surface area contributed by atoms with E-state index in [1.54, 1.807) is 36.1 Å². The summed E-state index contributed by atoms with van der Waals surface area (Å²) in [5, 5.41) is 16.7. The number of benzene rings is 2. The topological polar surface area (TPSA) is 85.6 Å². The Balaban J connectivity index is 1.58. The molecule has 0 saturated heterocycles. The summed E-state index contributed by atoms with van der Waals surface area (Å²) in [6, 6.07) is 9.93. The SMILES string of the molecule is COc1ccc(CNC(=O)c2cc(-c3cn(C)nc3CO)ccc2OCC2CC2)cc1F. The van der Waals surface area contributed by atoms with Crippen molar-refractivity contribution in [2.45, 2.75) is 26.0 Å². The molecule has 168 valence electrons. The van der Waals surface area contributed by atoms with Gasteiger partial charge in [-0.05, 0) is 54.2 Å². The number of methoxy groups -OCH3 is 1. The number of hydrogen-bond acceptors (Lipinski definition) is 5. The first kappa shape index (κ1) is 21.8. The number of aliphatic hydroxyl groups is 1. The van der Waals surface area contributed by atoms with E-state index in [9.17, 15) is 14.3 Å². The highest BCUT2D eigenvalue weighted by Crippen LogP contribution is 2.32. The monoisotopic (exact) mass is 439 g/mol. The van der Waals surface area contributed by atoms with Crippen molar-refractivity contribution in [2.24, 2.45) is 13.0 Å². The third kappa shape index (κ3) is 4.91. The van der Waals surface area contributed by atoms with E-state index in [-0.39, 0.29) is 24.8 Å². The zero-order chi connectivity index (χ0) is 22.7. The van der Waals surface area contributed by atoms with Gasteiger partial charge in [0.05, 0.1) is 31.6 Å². The number of aliphatic hydroxyl groups excluding tert-OH is 1. The zero-order valence-electron chi connectivity index (χ0n) is 18.1. The maximum Gasteiger partial charge on any atom is 0.255 e. The van der Waals surface area contributed by atoms with E-state index >= 15 is 0 Å². The molecule has 2 aromatic carbocycles. The van der Waals surface area contributed by atoms with Crippen molar-refractivity contribution in [2.75, 3.05) is 13.7 Å². The van der Waals surface area contributed by atoms with Crippen molar-refractivity contribution >= 4 is 5.91 Å². The molecule has 1 saturated carbocycles. The lowest BCUT2D eigenvalue weighted by Crippen LogP contribution is -2.24. The maximum absolute atomic E-state index is 14.0. The summed E-state index contributed by atoms with van der Waals surface area (Å²) in [6.45, 7) is 0.513. The lowest BCUT2D eigenvalue weighted by Gasteiger charge is -2.14. The second-order valence-electron chi connectivity index (χ2n) is 7.94. The highest BCUT2D eigenvalue weighted by molar-refractivity contribution is 5.98. The van der Waals surface area contributed by atoms with E-state index in [1.165, 1.54) is 19.2 Å². The smallest absolute Gasteiger partial charge is 0.255 e. The van der Waals surface area contributed by atoms with Crippen molar-refractivity contribution < 1.29 is 23.8 Å². The molecular weight excluding hydrogens is 413 g/mol. The van der Waals surface area contributed by atoms with Crippen LogP contribution in [-0.4, -0.2) is 34.5 Å². The highest BCUT2D eigenvalue weighted by Gasteiger charge is 2.24. The fourth-order valence-electron chi connectivity index (χ4n) is 3.48. The number of nitrogens with one attached hydrogen (secondary N) is 1. The van der Waals surface area contributed by atoms with Crippen LogP contribution in [0.25, 0.3) is 11.1 Å². The number of aryl methyl sites for hydroxylation is 1. The summed E-state index contributed by atoms with van der Waals surface area (Å²) < 4.78 is 26.5. The van der Waals surface area contributed by atoms with E-state index in [4.69, 9.17) is 9.47 Å². The molecule has 2 N–H and O–H groups in total. The van der Waals surface area contributed by atoms with Gasteiger partial charge in [-0.25, -0.2) is 4.39 Å². The van der Waals surface area contributed by atoms with Gasteiger partial charge in [-0.1, -0.05) is 12.1 Å². The van der Waals surface area contributed by atoms with Gasteiger partial charge in [0.25, 0.3) is 5.91 Å². The summed E-state index contributed by atoms with van der Waals surface area (Å²) in [6.07, 6.45) is 4.07. The molecule has 1 aliphatic rings. The molecule has 3 aromatic rings. The van der Waals surface area contributed by atoms with Gasteiger partial charge in [0, 0.05) is 25.4 Å². The second-order valence-corrected chi connectivity index (χ2v) is 7.94. The van der Waals surface area contributed by atoms with Crippen LogP contribution in [0.3, 0.4) is 0 Å². The molecule has 1 amide bonds. The van der Waals surface area contributed by atoms with Gasteiger partial charge in [0.2, 0.25) is 0 Å². The van der Waals surface area contributed by atoms with Crippen LogP contribution in [0.2, 0.25) is 0 Å². The Morgan fingerprint density at radius 1 is 1.25 bits per heavy atom. The number of aromatic nitrogens is 2. The predicted octanol–water partition coefficient (Wildman–Crippen LogP) is 3.45. The number of halogens is 1. The molecule has 0 bridgehead atoms. The van der Waals surface area contributed by atoms with Gasteiger partial charge in [0.15, 0.2) is 11.6 Å². The van der Waals surface area contributed by atoms with Gasteiger partial charge in [-0.15, -0.1) is 0 Å². The number of rotatable bonds is 9. The average molecular weight is 439 g/mol. The van der Waals surface area contributed by atoms with Crippen molar-refractivity contribution in [3.63, 3.8) is 0 Å². The standard InChI is InChI=1S/C24H26FN3O4/c1-28-12-19(21(13-29)27-28)17-6-8-22(32-14-15-3-4-15)18(10-17)24(30)26-11-16-5-7-23(31-2)20(25)9-16/h5-10,12,15,29H,3-4,11,13-14H2,1-2H3,(H,26,30). The molecule has 0 atom stereocenters. The van der Waals surface area contributed by atoms with Gasteiger partial charge in [-0.2, -0.15) is 5.10 Å². The Morgan fingerprint density at radius 2 is 2.03 bits per heavy atom. The van der Waals surface area contributed by atoms with E-state index in [0.29, 0.717) is 35.1 Å². The minimum absolute atomic E-state index is 0.152. The molecule has 0 spiro atoms. The molecule has 32 heavy (non-hydrogen) atoms. The molecule has 0 aliphatic heterocycles. The zero-order valence-corrected chi connectivity index (χ0v) is 18.1. The number of carbonyl (C=O) groups excluding carboxylic acids is 1. The summed E-state index contributed by atoms with van der Waals surface area (Å²) in [5.74, 6) is 0.367. The first-order chi connectivity index (χ1) is 15.5. The van der Waals surface area contributed by atoms with Crippen molar-refractivity contribution in [3.8, 4) is 22.6 Å². The third-order valence-electron chi connectivity index (χ3n) is 5.43. The molecule has 1 fully saturated rings. The fourth-order valence-corrected chi connectivity index (χ4v) is 3.48. The number of carbonyl (C=O) groups is 1. The normalized spacial score (nSPS) is 13.1. The predicted molar refractivity (Wildman–Crippen MR) is 117 cm³/mol. The van der Waals surface area contributed by atoms with Crippen LogP contribution in [-0.2, 0) is 20.2 Å². The maximum atomic E-state index is 14.0. The van der Waals surface area contributed by atoms with E-state index < -0.39 is 5.82 Å². The van der Waals surface area contributed by atoms with Crippen molar-refractivity contribution in [1.29, 1.82) is 0 Å². The summed E-state index contributed by atoms with van der Waals surface area (Å²) in [5.41, 5.74) is 3.02. The largest absolute Gasteiger partial charge is 0.494 e. The van der Waals surface area contributed by atoms with Gasteiger partial charge in [0.1, 0.15) is 5.75 Å². The number of nitrogens with zero attached hydrogens (tertiary/aromatic N) is 2. The number of ether oxygens (including phenoxy) is 2. The molecule has 1 aromatic heterocycles. The molecule has 1 heterocycles.